The Balaban J connectivity index is 1.62. The molecule has 5 rings (SSSR count). The molecule has 0 fully saturated rings. The molecule has 3 aliphatic heterocycles. The first kappa shape index (κ1) is 14.9. The van der Waals surface area contributed by atoms with E-state index in [9.17, 15) is 5.11 Å². The first-order valence-corrected chi connectivity index (χ1v) is 8.73. The van der Waals surface area contributed by atoms with Crippen molar-refractivity contribution in [3.63, 3.8) is 0 Å². The molecule has 0 saturated heterocycles. The number of nitrogens with zero attached hydrogens (tertiary/aromatic N) is 1. The predicted molar refractivity (Wildman–Crippen MR) is 92.1 cm³/mol. The molecule has 0 amide bonds. The number of aromatic hydroxyl groups is 1. The Labute approximate surface area is 146 Å². The summed E-state index contributed by atoms with van der Waals surface area (Å²) in [4.78, 5) is 0. The third kappa shape index (κ3) is 2.05. The minimum Gasteiger partial charge on any atom is -0.504 e. The molecule has 3 aliphatic rings. The molecule has 0 spiro atoms. The summed E-state index contributed by atoms with van der Waals surface area (Å²) in [6.45, 7) is 2.31. The number of rotatable bonds is 1. The van der Waals surface area contributed by atoms with Gasteiger partial charge in [-0.2, -0.15) is 0 Å². The van der Waals surface area contributed by atoms with Crippen molar-refractivity contribution >= 4 is 0 Å². The van der Waals surface area contributed by atoms with Crippen LogP contribution >= 0.6 is 0 Å². The van der Waals surface area contributed by atoms with Crippen molar-refractivity contribution in [1.82, 2.24) is 0 Å². The summed E-state index contributed by atoms with van der Waals surface area (Å²) in [5, 5.41) is 10.3. The average Bonchev–Trinajstić information content (AvgIpc) is 3.09. The largest absolute Gasteiger partial charge is 0.504 e. The quantitative estimate of drug-likeness (QED) is 0.811. The van der Waals surface area contributed by atoms with Gasteiger partial charge < -0.3 is 23.8 Å². The summed E-state index contributed by atoms with van der Waals surface area (Å²) in [6, 6.07) is 8.44. The molecule has 1 unspecified atom stereocenters. The molecule has 0 aliphatic carbocycles. The summed E-state index contributed by atoms with van der Waals surface area (Å²) < 4.78 is 17.5. The molecule has 0 bridgehead atoms. The van der Waals surface area contributed by atoms with E-state index in [1.165, 1.54) is 22.3 Å². The third-order valence-electron chi connectivity index (χ3n) is 6.12. The molecule has 0 aromatic heterocycles. The van der Waals surface area contributed by atoms with E-state index in [-0.39, 0.29) is 5.75 Å². The van der Waals surface area contributed by atoms with Crippen LogP contribution < -0.4 is 14.2 Å². The second-order valence-corrected chi connectivity index (χ2v) is 7.49. The van der Waals surface area contributed by atoms with E-state index in [2.05, 4.69) is 13.1 Å². The van der Waals surface area contributed by atoms with Crippen LogP contribution in [0.25, 0.3) is 0 Å². The molecule has 3 heterocycles. The molecule has 25 heavy (non-hydrogen) atoms. The van der Waals surface area contributed by atoms with Gasteiger partial charge in [-0.25, -0.2) is 0 Å². The Morgan fingerprint density at radius 2 is 2.08 bits per heavy atom. The van der Waals surface area contributed by atoms with Gasteiger partial charge in [-0.15, -0.1) is 0 Å². The highest BCUT2D eigenvalue weighted by molar-refractivity contribution is 5.54. The number of phenolic OH excluding ortho intramolecular Hbond substituents is 1. The van der Waals surface area contributed by atoms with Gasteiger partial charge in [0.2, 0.25) is 6.79 Å². The highest BCUT2D eigenvalue weighted by Crippen LogP contribution is 2.49. The fraction of sp³-hybridized carbons (Fsp3) is 0.400. The van der Waals surface area contributed by atoms with Crippen LogP contribution in [0.2, 0.25) is 0 Å². The summed E-state index contributed by atoms with van der Waals surface area (Å²) in [5.41, 5.74) is 5.15. The topological polar surface area (TPSA) is 47.9 Å². The van der Waals surface area contributed by atoms with Crippen molar-refractivity contribution in [2.75, 3.05) is 27.5 Å². The SMILES string of the molecule is COc1cc2c(cc1O)[C@@H]1Cc3ccc4c(c3C[N+]1(C)CC2)OCO4. The molecule has 1 N–H and O–H groups in total. The first-order valence-electron chi connectivity index (χ1n) is 8.73. The molecular weight excluding hydrogens is 318 g/mol. The lowest BCUT2D eigenvalue weighted by atomic mass is 9.81. The van der Waals surface area contributed by atoms with Crippen LogP contribution in [0.3, 0.4) is 0 Å². The molecule has 5 heteroatoms. The zero-order chi connectivity index (χ0) is 17.2. The van der Waals surface area contributed by atoms with E-state index in [0.29, 0.717) is 18.6 Å². The van der Waals surface area contributed by atoms with Crippen LogP contribution in [0, 0.1) is 0 Å². The highest BCUT2D eigenvalue weighted by atomic mass is 16.7. The summed E-state index contributed by atoms with van der Waals surface area (Å²) in [7, 11) is 3.91. The van der Waals surface area contributed by atoms with E-state index in [4.69, 9.17) is 14.2 Å². The predicted octanol–water partition coefficient (Wildman–Crippen LogP) is 2.93. The lowest BCUT2D eigenvalue weighted by Crippen LogP contribution is -2.53. The first-order chi connectivity index (χ1) is 12.1. The Hall–Kier alpha value is -2.40. The fourth-order valence-electron chi connectivity index (χ4n) is 4.71. The minimum absolute atomic E-state index is 0.228. The Morgan fingerprint density at radius 3 is 2.92 bits per heavy atom. The zero-order valence-electron chi connectivity index (χ0n) is 14.5. The minimum atomic E-state index is 0.228. The Morgan fingerprint density at radius 1 is 1.20 bits per heavy atom. The summed E-state index contributed by atoms with van der Waals surface area (Å²) in [6.07, 6.45) is 1.93. The van der Waals surface area contributed by atoms with Gasteiger partial charge in [0.25, 0.3) is 0 Å². The van der Waals surface area contributed by atoms with Gasteiger partial charge in [-0.1, -0.05) is 6.07 Å². The molecule has 130 valence electrons. The smallest absolute Gasteiger partial charge is 0.231 e. The number of phenols is 1. The normalized spacial score (nSPS) is 25.8. The van der Waals surface area contributed by atoms with Crippen LogP contribution in [0.5, 0.6) is 23.0 Å². The lowest BCUT2D eigenvalue weighted by molar-refractivity contribution is -0.956. The maximum absolute atomic E-state index is 10.3. The molecule has 2 aromatic carbocycles. The van der Waals surface area contributed by atoms with Crippen molar-refractivity contribution in [3.05, 3.63) is 46.5 Å². The molecular formula is C20H22NO4+. The second kappa shape index (κ2) is 5.05. The molecule has 5 nitrogen and oxygen atoms in total. The fourth-order valence-corrected chi connectivity index (χ4v) is 4.71. The van der Waals surface area contributed by atoms with Crippen LogP contribution in [-0.4, -0.2) is 37.1 Å². The van der Waals surface area contributed by atoms with E-state index >= 15 is 0 Å². The van der Waals surface area contributed by atoms with Crippen LogP contribution in [0.4, 0.5) is 0 Å². The average molecular weight is 340 g/mol. The number of hydrogen-bond donors (Lipinski definition) is 1. The maximum Gasteiger partial charge on any atom is 0.231 e. The summed E-state index contributed by atoms with van der Waals surface area (Å²) in [5.74, 6) is 2.59. The number of likely N-dealkylation sites (N-methyl/N-ethyl adjacent to an activating group) is 1. The van der Waals surface area contributed by atoms with Gasteiger partial charge >= 0.3 is 0 Å². The number of ether oxygens (including phenoxy) is 3. The second-order valence-electron chi connectivity index (χ2n) is 7.49. The molecule has 0 saturated carbocycles. The van der Waals surface area contributed by atoms with Crippen LogP contribution in [0.15, 0.2) is 24.3 Å². The Kier molecular flexibility index (Phi) is 3.01. The van der Waals surface area contributed by atoms with Crippen LogP contribution in [0.1, 0.15) is 28.3 Å². The third-order valence-corrected chi connectivity index (χ3v) is 6.12. The van der Waals surface area contributed by atoms with E-state index < -0.39 is 0 Å². The van der Waals surface area contributed by atoms with Crippen molar-refractivity contribution < 1.29 is 23.8 Å². The number of hydrogen-bond acceptors (Lipinski definition) is 4. The molecule has 0 radical (unpaired) electrons. The van der Waals surface area contributed by atoms with Gasteiger partial charge in [0.15, 0.2) is 23.0 Å². The van der Waals surface area contributed by atoms with Gasteiger partial charge in [-0.3, -0.25) is 0 Å². The summed E-state index contributed by atoms with van der Waals surface area (Å²) >= 11 is 0. The monoisotopic (exact) mass is 340 g/mol. The lowest BCUT2D eigenvalue weighted by Gasteiger charge is -2.49. The van der Waals surface area contributed by atoms with E-state index in [0.717, 1.165) is 41.9 Å². The number of fused-ring (bicyclic) bond motifs is 6. The molecule has 2 atom stereocenters. The van der Waals surface area contributed by atoms with Crippen molar-refractivity contribution in [3.8, 4) is 23.0 Å². The van der Waals surface area contributed by atoms with E-state index in [1.807, 2.05) is 18.2 Å². The van der Waals surface area contributed by atoms with Crippen molar-refractivity contribution in [2.45, 2.75) is 25.4 Å². The standard InChI is InChI=1S/C20H21NO4/c1-21-6-5-13-8-19(23-2)17(22)9-14(13)16(21)7-12-3-4-18-20(15(12)10-21)25-11-24-18/h3-4,8-9,16H,5-7,10-11H2,1-2H3/p+1/t16-,21?/m0/s1. The number of benzene rings is 2. The van der Waals surface area contributed by atoms with Crippen LogP contribution in [-0.2, 0) is 19.4 Å². The number of quaternary nitrogens is 1. The van der Waals surface area contributed by atoms with Gasteiger partial charge in [0, 0.05) is 18.4 Å². The maximum atomic E-state index is 10.3. The van der Waals surface area contributed by atoms with Gasteiger partial charge in [-0.05, 0) is 29.3 Å². The zero-order valence-corrected chi connectivity index (χ0v) is 14.5. The highest BCUT2D eigenvalue weighted by Gasteiger charge is 2.45. The van der Waals surface area contributed by atoms with Crippen molar-refractivity contribution in [1.29, 1.82) is 0 Å². The van der Waals surface area contributed by atoms with E-state index in [1.54, 1.807) is 7.11 Å². The van der Waals surface area contributed by atoms with Gasteiger partial charge in [0.05, 0.1) is 26.3 Å². The number of methoxy groups -OCH3 is 1. The van der Waals surface area contributed by atoms with Crippen molar-refractivity contribution in [2.24, 2.45) is 0 Å². The Bertz CT molecular complexity index is 878. The van der Waals surface area contributed by atoms with Gasteiger partial charge in [0.1, 0.15) is 12.6 Å². The molecule has 2 aromatic rings.